The fraction of sp³-hybridized carbons (Fsp3) is 0.600. The van der Waals surface area contributed by atoms with Crippen molar-refractivity contribution in [1.29, 1.82) is 0 Å². The number of carbonyl (C=O) groups excluding carboxylic acids is 1. The van der Waals surface area contributed by atoms with Crippen molar-refractivity contribution in [2.75, 3.05) is 0 Å². The van der Waals surface area contributed by atoms with Gasteiger partial charge in [0.15, 0.2) is 0 Å². The molecule has 5 nitrogen and oxygen atoms in total. The third-order valence-corrected chi connectivity index (χ3v) is 0.780. The number of nitrogens with two attached hydrogens (primary N) is 1. The van der Waals surface area contributed by atoms with Crippen LogP contribution in [0.15, 0.2) is 0 Å². The number of esters is 1. The summed E-state index contributed by atoms with van der Waals surface area (Å²) >= 11 is 0. The van der Waals surface area contributed by atoms with E-state index in [0.29, 0.717) is 0 Å². The van der Waals surface area contributed by atoms with Crippen LogP contribution < -0.4 is 5.73 Å². The summed E-state index contributed by atoms with van der Waals surface area (Å²) in [5.74, 6) is -2.09. The molecule has 0 aromatic rings. The van der Waals surface area contributed by atoms with E-state index in [2.05, 4.69) is 4.74 Å². The Morgan fingerprint density at radius 3 is 2.10 bits per heavy atom. The Morgan fingerprint density at radius 2 is 2.00 bits per heavy atom. The molecule has 0 saturated carbocycles. The molecule has 0 aromatic carbocycles. The summed E-state index contributed by atoms with van der Waals surface area (Å²) < 4.78 is 4.24. The van der Waals surface area contributed by atoms with Crippen molar-refractivity contribution >= 4 is 11.9 Å². The molecule has 0 aromatic heterocycles. The Labute approximate surface area is 57.8 Å². The van der Waals surface area contributed by atoms with Crippen LogP contribution in [0.5, 0.6) is 0 Å². The third-order valence-electron chi connectivity index (χ3n) is 0.780. The average molecular weight is 147 g/mol. The first-order chi connectivity index (χ1) is 4.36. The minimum Gasteiger partial charge on any atom is -0.477 e. The lowest BCUT2D eigenvalue weighted by atomic mass is 10.3. The zero-order valence-corrected chi connectivity index (χ0v) is 5.75. The van der Waals surface area contributed by atoms with E-state index in [0.717, 1.165) is 13.8 Å². The van der Waals surface area contributed by atoms with Gasteiger partial charge in [-0.25, -0.2) is 4.79 Å². The first-order valence-electron chi connectivity index (χ1n) is 2.58. The largest absolute Gasteiger partial charge is 0.477 e. The standard InChI is InChI=1S/C5H9NO4/c1-3(7)10-5(2,6)4(8)9/h6H2,1-2H3,(H,8,9)/t5-/m1/s1. The summed E-state index contributed by atoms with van der Waals surface area (Å²) in [7, 11) is 0. The van der Waals surface area contributed by atoms with Crippen LogP contribution in [0.4, 0.5) is 0 Å². The van der Waals surface area contributed by atoms with Gasteiger partial charge in [0.05, 0.1) is 0 Å². The molecule has 0 bridgehead atoms. The van der Waals surface area contributed by atoms with Gasteiger partial charge < -0.3 is 9.84 Å². The van der Waals surface area contributed by atoms with Crippen LogP contribution in [0.3, 0.4) is 0 Å². The van der Waals surface area contributed by atoms with Gasteiger partial charge in [0.25, 0.3) is 5.72 Å². The molecule has 10 heavy (non-hydrogen) atoms. The van der Waals surface area contributed by atoms with E-state index >= 15 is 0 Å². The lowest BCUT2D eigenvalue weighted by molar-refractivity contribution is -0.174. The number of aliphatic carboxylic acids is 1. The number of ether oxygens (including phenoxy) is 1. The van der Waals surface area contributed by atoms with Crippen molar-refractivity contribution in [2.24, 2.45) is 5.73 Å². The Morgan fingerprint density at radius 1 is 1.60 bits per heavy atom. The lowest BCUT2D eigenvalue weighted by Gasteiger charge is -2.17. The van der Waals surface area contributed by atoms with Crippen LogP contribution in [0.2, 0.25) is 0 Å². The summed E-state index contributed by atoms with van der Waals surface area (Å²) in [6.45, 7) is 2.19. The van der Waals surface area contributed by atoms with E-state index in [1.165, 1.54) is 0 Å². The van der Waals surface area contributed by atoms with Crippen molar-refractivity contribution in [1.82, 2.24) is 0 Å². The van der Waals surface area contributed by atoms with Gasteiger partial charge in [0.2, 0.25) is 0 Å². The summed E-state index contributed by atoms with van der Waals surface area (Å²) in [5, 5.41) is 8.29. The first-order valence-corrected chi connectivity index (χ1v) is 2.58. The normalized spacial score (nSPS) is 15.5. The minimum atomic E-state index is -1.91. The molecule has 0 amide bonds. The Balaban J connectivity index is 4.13. The Hall–Kier alpha value is -1.10. The highest BCUT2D eigenvalue weighted by molar-refractivity contribution is 5.79. The molecule has 0 heterocycles. The van der Waals surface area contributed by atoms with Crippen molar-refractivity contribution < 1.29 is 19.4 Å². The molecular weight excluding hydrogens is 138 g/mol. The molecule has 58 valence electrons. The maximum Gasteiger partial charge on any atom is 0.363 e. The molecular formula is C5H9NO4. The van der Waals surface area contributed by atoms with Gasteiger partial charge in [-0.2, -0.15) is 0 Å². The van der Waals surface area contributed by atoms with Gasteiger partial charge in [0.1, 0.15) is 0 Å². The second-order valence-corrected chi connectivity index (χ2v) is 2.01. The lowest BCUT2D eigenvalue weighted by Crippen LogP contribution is -2.48. The number of hydrogen-bond acceptors (Lipinski definition) is 4. The summed E-state index contributed by atoms with van der Waals surface area (Å²) in [6.07, 6.45) is 0. The monoisotopic (exact) mass is 147 g/mol. The van der Waals surface area contributed by atoms with Crippen LogP contribution >= 0.6 is 0 Å². The molecule has 0 unspecified atom stereocenters. The zero-order valence-electron chi connectivity index (χ0n) is 5.75. The molecule has 1 atom stereocenters. The van der Waals surface area contributed by atoms with Gasteiger partial charge in [-0.05, 0) is 0 Å². The molecule has 5 heteroatoms. The maximum absolute atomic E-state index is 10.2. The maximum atomic E-state index is 10.2. The predicted octanol–water partition coefficient (Wildman–Crippen LogP) is -0.691. The second-order valence-electron chi connectivity index (χ2n) is 2.01. The number of carbonyl (C=O) groups is 2. The van der Waals surface area contributed by atoms with Gasteiger partial charge in [-0.1, -0.05) is 0 Å². The zero-order chi connectivity index (χ0) is 8.36. The highest BCUT2D eigenvalue weighted by Gasteiger charge is 2.31. The van der Waals surface area contributed by atoms with Crippen molar-refractivity contribution in [2.45, 2.75) is 19.6 Å². The molecule has 0 aliphatic carbocycles. The van der Waals surface area contributed by atoms with E-state index in [1.54, 1.807) is 0 Å². The molecule has 0 radical (unpaired) electrons. The summed E-state index contributed by atoms with van der Waals surface area (Å²) in [6, 6.07) is 0. The first kappa shape index (κ1) is 8.90. The van der Waals surface area contributed by atoms with Gasteiger partial charge in [-0.3, -0.25) is 10.5 Å². The Bertz CT molecular complexity index is 163. The second kappa shape index (κ2) is 2.66. The third kappa shape index (κ3) is 2.45. The smallest absolute Gasteiger partial charge is 0.363 e. The van der Waals surface area contributed by atoms with Gasteiger partial charge >= 0.3 is 11.9 Å². The molecule has 0 spiro atoms. The molecule has 0 rings (SSSR count). The van der Waals surface area contributed by atoms with Crippen LogP contribution in [-0.4, -0.2) is 22.8 Å². The number of hydrogen-bond donors (Lipinski definition) is 2. The molecule has 0 aliphatic rings. The highest BCUT2D eigenvalue weighted by atomic mass is 16.6. The predicted molar refractivity (Wildman–Crippen MR) is 32.0 cm³/mol. The SMILES string of the molecule is CC(=O)O[C@@](C)(N)C(=O)O. The topological polar surface area (TPSA) is 89.6 Å². The average Bonchev–Trinajstić information content (AvgIpc) is 1.60. The Kier molecular flexibility index (Phi) is 2.36. The van der Waals surface area contributed by atoms with Crippen molar-refractivity contribution in [3.63, 3.8) is 0 Å². The van der Waals surface area contributed by atoms with Gasteiger partial charge in [0, 0.05) is 13.8 Å². The summed E-state index contributed by atoms with van der Waals surface area (Å²) in [4.78, 5) is 20.4. The van der Waals surface area contributed by atoms with E-state index in [9.17, 15) is 9.59 Å². The fourth-order valence-electron chi connectivity index (χ4n) is 0.342. The summed E-state index contributed by atoms with van der Waals surface area (Å²) in [5.41, 5.74) is 3.11. The van der Waals surface area contributed by atoms with Crippen molar-refractivity contribution in [3.8, 4) is 0 Å². The molecule has 0 fully saturated rings. The van der Waals surface area contributed by atoms with E-state index in [-0.39, 0.29) is 0 Å². The van der Waals surface area contributed by atoms with E-state index < -0.39 is 17.7 Å². The van der Waals surface area contributed by atoms with Crippen LogP contribution in [0, 0.1) is 0 Å². The molecule has 0 saturated heterocycles. The molecule has 3 N–H and O–H groups in total. The minimum absolute atomic E-state index is 0.715. The number of carboxylic acid groups (broad SMARTS) is 1. The molecule has 0 aliphatic heterocycles. The van der Waals surface area contributed by atoms with Crippen LogP contribution in [0.25, 0.3) is 0 Å². The van der Waals surface area contributed by atoms with Gasteiger partial charge in [-0.15, -0.1) is 0 Å². The van der Waals surface area contributed by atoms with Crippen LogP contribution in [0.1, 0.15) is 13.8 Å². The fourth-order valence-corrected chi connectivity index (χ4v) is 0.342. The van der Waals surface area contributed by atoms with Crippen molar-refractivity contribution in [3.05, 3.63) is 0 Å². The number of carboxylic acids is 1. The van der Waals surface area contributed by atoms with E-state index in [1.807, 2.05) is 0 Å². The number of rotatable bonds is 2. The van der Waals surface area contributed by atoms with Crippen LogP contribution in [-0.2, 0) is 14.3 Å². The van der Waals surface area contributed by atoms with E-state index in [4.69, 9.17) is 10.8 Å². The quantitative estimate of drug-likeness (QED) is 0.398. The highest BCUT2D eigenvalue weighted by Crippen LogP contribution is 2.00.